The smallest absolute Gasteiger partial charge is 0.261 e. The number of ether oxygens (including phenoxy) is 2. The van der Waals surface area contributed by atoms with Crippen LogP contribution in [0, 0.1) is 0 Å². The molecule has 0 unspecified atom stereocenters. The number of carbonyl (C=O) groups excluding carboxylic acids is 2. The fourth-order valence-electron chi connectivity index (χ4n) is 3.80. The van der Waals surface area contributed by atoms with Gasteiger partial charge in [-0.1, -0.05) is 25.0 Å². The Bertz CT molecular complexity index is 1110. The molecule has 0 saturated carbocycles. The number of likely N-dealkylation sites (tertiary alicyclic amines) is 1. The molecular formula is C24H31N3O6S. The molecule has 1 saturated heterocycles. The summed E-state index contributed by atoms with van der Waals surface area (Å²) in [5.74, 6) is -0.373. The fourth-order valence-corrected chi connectivity index (χ4v) is 4.91. The van der Waals surface area contributed by atoms with Crippen LogP contribution in [0.2, 0.25) is 0 Å². The molecule has 2 N–H and O–H groups in total. The highest BCUT2D eigenvalue weighted by Crippen LogP contribution is 2.27. The average molecular weight is 490 g/mol. The SMILES string of the molecule is COCCNC(=O)c1ccccc1NS(=O)(=O)c1ccc(OC)c(C(=O)N2CCCCCC2)c1. The normalized spacial score (nSPS) is 14.2. The molecule has 2 aromatic carbocycles. The van der Waals surface area contributed by atoms with Gasteiger partial charge in [0.2, 0.25) is 0 Å². The van der Waals surface area contributed by atoms with Crippen LogP contribution in [0.1, 0.15) is 46.4 Å². The van der Waals surface area contributed by atoms with Gasteiger partial charge >= 0.3 is 0 Å². The molecule has 1 fully saturated rings. The molecule has 10 heteroatoms. The molecule has 1 aliphatic rings. The van der Waals surface area contributed by atoms with Gasteiger partial charge in [-0.05, 0) is 43.2 Å². The Morgan fingerprint density at radius 3 is 2.35 bits per heavy atom. The highest BCUT2D eigenvalue weighted by atomic mass is 32.2. The van der Waals surface area contributed by atoms with Gasteiger partial charge in [0.05, 0.1) is 35.4 Å². The lowest BCUT2D eigenvalue weighted by Gasteiger charge is -2.22. The van der Waals surface area contributed by atoms with E-state index in [0.717, 1.165) is 25.7 Å². The molecule has 1 heterocycles. The standard InChI is InChI=1S/C24H31N3O6S/c1-32-16-13-25-23(28)19-9-5-6-10-21(19)26-34(30,31)18-11-12-22(33-2)20(17-18)24(29)27-14-7-3-4-8-15-27/h5-6,9-12,17,26H,3-4,7-8,13-16H2,1-2H3,(H,25,28). The topological polar surface area (TPSA) is 114 Å². The number of benzene rings is 2. The Labute approximate surface area is 200 Å². The van der Waals surface area contributed by atoms with E-state index in [1.54, 1.807) is 17.0 Å². The van der Waals surface area contributed by atoms with Gasteiger partial charge in [-0.15, -0.1) is 0 Å². The summed E-state index contributed by atoms with van der Waals surface area (Å²) < 4.78 is 39.2. The van der Waals surface area contributed by atoms with Crippen LogP contribution < -0.4 is 14.8 Å². The second kappa shape index (κ2) is 11.8. The van der Waals surface area contributed by atoms with Crippen LogP contribution in [0.5, 0.6) is 5.75 Å². The molecule has 0 spiro atoms. The first-order valence-corrected chi connectivity index (χ1v) is 12.7. The zero-order valence-electron chi connectivity index (χ0n) is 19.5. The van der Waals surface area contributed by atoms with Gasteiger partial charge in [-0.2, -0.15) is 0 Å². The summed E-state index contributed by atoms with van der Waals surface area (Å²) in [4.78, 5) is 27.4. The minimum absolute atomic E-state index is 0.0962. The van der Waals surface area contributed by atoms with Crippen molar-refractivity contribution in [3.8, 4) is 5.75 Å². The van der Waals surface area contributed by atoms with Crippen molar-refractivity contribution >= 4 is 27.5 Å². The maximum Gasteiger partial charge on any atom is 0.261 e. The number of nitrogens with zero attached hydrogens (tertiary/aromatic N) is 1. The van der Waals surface area contributed by atoms with Crippen molar-refractivity contribution in [2.75, 3.05) is 45.2 Å². The van der Waals surface area contributed by atoms with E-state index in [4.69, 9.17) is 9.47 Å². The number of carbonyl (C=O) groups is 2. The summed E-state index contributed by atoms with van der Waals surface area (Å²) in [5.41, 5.74) is 0.503. The summed E-state index contributed by atoms with van der Waals surface area (Å²) in [6.45, 7) is 1.88. The lowest BCUT2D eigenvalue weighted by Crippen LogP contribution is -2.32. The number of amides is 2. The van der Waals surface area contributed by atoms with Crippen molar-refractivity contribution in [3.63, 3.8) is 0 Å². The summed E-state index contributed by atoms with van der Waals surface area (Å²) in [6.07, 6.45) is 3.96. The predicted molar refractivity (Wildman–Crippen MR) is 129 cm³/mol. The number of methoxy groups -OCH3 is 2. The number of anilines is 1. The van der Waals surface area contributed by atoms with Crippen LogP contribution in [-0.4, -0.2) is 65.6 Å². The molecule has 0 atom stereocenters. The Hall–Kier alpha value is -3.11. The molecule has 184 valence electrons. The molecule has 3 rings (SSSR count). The first-order chi connectivity index (χ1) is 16.4. The number of hydrogen-bond acceptors (Lipinski definition) is 6. The Balaban J connectivity index is 1.88. The van der Waals surface area contributed by atoms with Crippen molar-refractivity contribution in [3.05, 3.63) is 53.6 Å². The van der Waals surface area contributed by atoms with Crippen molar-refractivity contribution in [1.82, 2.24) is 10.2 Å². The van der Waals surface area contributed by atoms with Crippen molar-refractivity contribution < 1.29 is 27.5 Å². The number of nitrogens with one attached hydrogen (secondary N) is 2. The van der Waals surface area contributed by atoms with Gasteiger partial charge in [0, 0.05) is 26.7 Å². The van der Waals surface area contributed by atoms with Gasteiger partial charge in [0.1, 0.15) is 5.75 Å². The second-order valence-corrected chi connectivity index (χ2v) is 9.65. The Kier molecular flexibility index (Phi) is 8.89. The van der Waals surface area contributed by atoms with Crippen molar-refractivity contribution in [2.24, 2.45) is 0 Å². The van der Waals surface area contributed by atoms with Crippen LogP contribution in [-0.2, 0) is 14.8 Å². The van der Waals surface area contributed by atoms with E-state index in [-0.39, 0.29) is 34.2 Å². The van der Waals surface area contributed by atoms with Crippen LogP contribution in [0.25, 0.3) is 0 Å². The predicted octanol–water partition coefficient (Wildman–Crippen LogP) is 2.89. The third-order valence-corrected chi connectivity index (χ3v) is 6.98. The molecule has 0 aromatic heterocycles. The molecule has 2 amide bonds. The average Bonchev–Trinajstić information content (AvgIpc) is 3.13. The van der Waals surface area contributed by atoms with E-state index in [0.29, 0.717) is 25.4 Å². The molecule has 1 aliphatic heterocycles. The van der Waals surface area contributed by atoms with Crippen LogP contribution in [0.4, 0.5) is 5.69 Å². The zero-order valence-corrected chi connectivity index (χ0v) is 20.3. The highest BCUT2D eigenvalue weighted by molar-refractivity contribution is 7.92. The highest BCUT2D eigenvalue weighted by Gasteiger charge is 2.25. The maximum atomic E-state index is 13.2. The van der Waals surface area contributed by atoms with Gasteiger partial charge in [-0.25, -0.2) is 8.42 Å². The lowest BCUT2D eigenvalue weighted by molar-refractivity contribution is 0.0757. The summed E-state index contributed by atoms with van der Waals surface area (Å²) >= 11 is 0. The summed E-state index contributed by atoms with van der Waals surface area (Å²) in [7, 11) is -1.13. The molecule has 2 aromatic rings. The lowest BCUT2D eigenvalue weighted by atomic mass is 10.1. The number of hydrogen-bond donors (Lipinski definition) is 2. The zero-order chi connectivity index (χ0) is 24.6. The third kappa shape index (κ3) is 6.27. The van der Waals surface area contributed by atoms with Gasteiger partial charge in [-0.3, -0.25) is 14.3 Å². The second-order valence-electron chi connectivity index (χ2n) is 7.97. The van der Waals surface area contributed by atoms with E-state index in [9.17, 15) is 18.0 Å². The molecular weight excluding hydrogens is 458 g/mol. The summed E-state index contributed by atoms with van der Waals surface area (Å²) in [6, 6.07) is 10.5. The Morgan fingerprint density at radius 2 is 1.68 bits per heavy atom. The van der Waals surface area contributed by atoms with Crippen LogP contribution in [0.15, 0.2) is 47.4 Å². The first kappa shape index (κ1) is 25.5. The number of para-hydroxylation sites is 1. The van der Waals surface area contributed by atoms with Crippen molar-refractivity contribution in [1.29, 1.82) is 0 Å². The molecule has 0 bridgehead atoms. The number of rotatable bonds is 9. The molecule has 0 aliphatic carbocycles. The fraction of sp³-hybridized carbons (Fsp3) is 0.417. The molecule has 9 nitrogen and oxygen atoms in total. The van der Waals surface area contributed by atoms with E-state index in [1.165, 1.54) is 44.6 Å². The van der Waals surface area contributed by atoms with E-state index in [1.807, 2.05) is 0 Å². The van der Waals surface area contributed by atoms with E-state index >= 15 is 0 Å². The first-order valence-electron chi connectivity index (χ1n) is 11.2. The maximum absolute atomic E-state index is 13.2. The molecule has 0 radical (unpaired) electrons. The van der Waals surface area contributed by atoms with E-state index in [2.05, 4.69) is 10.0 Å². The molecule has 34 heavy (non-hydrogen) atoms. The van der Waals surface area contributed by atoms with Crippen LogP contribution >= 0.6 is 0 Å². The monoisotopic (exact) mass is 489 g/mol. The minimum Gasteiger partial charge on any atom is -0.496 e. The largest absolute Gasteiger partial charge is 0.496 e. The van der Waals surface area contributed by atoms with Gasteiger partial charge in [0.15, 0.2) is 0 Å². The van der Waals surface area contributed by atoms with Crippen LogP contribution in [0.3, 0.4) is 0 Å². The Morgan fingerprint density at radius 1 is 0.971 bits per heavy atom. The van der Waals surface area contributed by atoms with Crippen molar-refractivity contribution in [2.45, 2.75) is 30.6 Å². The van der Waals surface area contributed by atoms with Gasteiger partial charge in [0.25, 0.3) is 21.8 Å². The summed E-state index contributed by atoms with van der Waals surface area (Å²) in [5, 5.41) is 2.68. The van der Waals surface area contributed by atoms with Gasteiger partial charge < -0.3 is 19.7 Å². The quantitative estimate of drug-likeness (QED) is 0.524. The third-order valence-electron chi connectivity index (χ3n) is 5.61. The number of sulfonamides is 1. The minimum atomic E-state index is -4.09. The van der Waals surface area contributed by atoms with E-state index < -0.39 is 15.9 Å².